The van der Waals surface area contributed by atoms with Crippen LogP contribution in [0.5, 0.6) is 5.75 Å². The second-order valence-electron chi connectivity index (χ2n) is 6.44. The topological polar surface area (TPSA) is 38.3 Å². The molecule has 3 heteroatoms. The second kappa shape index (κ2) is 6.60. The van der Waals surface area contributed by atoms with Gasteiger partial charge in [-0.05, 0) is 66.1 Å². The molecule has 4 rings (SSSR count). The van der Waals surface area contributed by atoms with Gasteiger partial charge in [-0.1, -0.05) is 31.2 Å². The fourth-order valence-electron chi connectivity index (χ4n) is 3.47. The van der Waals surface area contributed by atoms with Crippen molar-refractivity contribution in [2.24, 2.45) is 0 Å². The Labute approximate surface area is 147 Å². The molecule has 0 unspecified atom stereocenters. The molecule has 126 valence electrons. The van der Waals surface area contributed by atoms with Crippen LogP contribution in [-0.4, -0.2) is 12.5 Å². The van der Waals surface area contributed by atoms with E-state index in [9.17, 15) is 4.79 Å². The summed E-state index contributed by atoms with van der Waals surface area (Å²) in [5.74, 6) is 0.699. The van der Waals surface area contributed by atoms with Crippen molar-refractivity contribution in [2.75, 3.05) is 11.9 Å². The molecule has 0 atom stereocenters. The van der Waals surface area contributed by atoms with E-state index in [2.05, 4.69) is 36.5 Å². The molecule has 1 aliphatic rings. The highest BCUT2D eigenvalue weighted by Gasteiger charge is 2.17. The van der Waals surface area contributed by atoms with Gasteiger partial charge in [0.25, 0.3) is 5.91 Å². The number of hydrogen-bond donors (Lipinski definition) is 1. The minimum Gasteiger partial charge on any atom is -0.494 e. The average Bonchev–Trinajstić information content (AvgIpc) is 3.07. The maximum Gasteiger partial charge on any atom is 0.255 e. The molecule has 3 aromatic carbocycles. The first-order chi connectivity index (χ1) is 12.3. The van der Waals surface area contributed by atoms with Crippen LogP contribution in [0.25, 0.3) is 10.8 Å². The summed E-state index contributed by atoms with van der Waals surface area (Å²) in [7, 11) is 0. The summed E-state index contributed by atoms with van der Waals surface area (Å²) in [5.41, 5.74) is 4.26. The lowest BCUT2D eigenvalue weighted by Crippen LogP contribution is -2.12. The number of carbonyl (C=O) groups is 1. The molecule has 0 aromatic heterocycles. The molecule has 25 heavy (non-hydrogen) atoms. The minimum absolute atomic E-state index is 0.0965. The van der Waals surface area contributed by atoms with Gasteiger partial charge in [-0.15, -0.1) is 0 Å². The van der Waals surface area contributed by atoms with Gasteiger partial charge in [0.1, 0.15) is 5.75 Å². The number of benzene rings is 3. The molecule has 1 amide bonds. The smallest absolute Gasteiger partial charge is 0.255 e. The van der Waals surface area contributed by atoms with E-state index >= 15 is 0 Å². The predicted molar refractivity (Wildman–Crippen MR) is 102 cm³/mol. The molecule has 0 heterocycles. The summed E-state index contributed by atoms with van der Waals surface area (Å²) in [4.78, 5) is 12.6. The first-order valence-corrected chi connectivity index (χ1v) is 8.84. The number of nitrogens with one attached hydrogen (secondary N) is 1. The highest BCUT2D eigenvalue weighted by Crippen LogP contribution is 2.35. The molecule has 0 spiro atoms. The maximum absolute atomic E-state index is 12.6. The number of hydrogen-bond acceptors (Lipinski definition) is 2. The van der Waals surface area contributed by atoms with Crippen LogP contribution < -0.4 is 10.1 Å². The molecule has 1 N–H and O–H groups in total. The van der Waals surface area contributed by atoms with Crippen molar-refractivity contribution in [1.82, 2.24) is 0 Å². The monoisotopic (exact) mass is 331 g/mol. The quantitative estimate of drug-likeness (QED) is 0.716. The molecule has 0 aliphatic heterocycles. The van der Waals surface area contributed by atoms with E-state index < -0.39 is 0 Å². The number of amides is 1. The van der Waals surface area contributed by atoms with Gasteiger partial charge in [0.15, 0.2) is 0 Å². The van der Waals surface area contributed by atoms with Crippen LogP contribution in [0.3, 0.4) is 0 Å². The van der Waals surface area contributed by atoms with E-state index in [1.165, 1.54) is 16.5 Å². The number of anilines is 1. The van der Waals surface area contributed by atoms with E-state index in [1.54, 1.807) is 12.1 Å². The maximum atomic E-state index is 12.6. The number of rotatable bonds is 5. The first-order valence-electron chi connectivity index (χ1n) is 8.84. The van der Waals surface area contributed by atoms with E-state index in [4.69, 9.17) is 4.74 Å². The molecular weight excluding hydrogens is 310 g/mol. The lowest BCUT2D eigenvalue weighted by atomic mass is 10.0. The standard InChI is InChI=1S/C22H21NO2/c1-2-14-25-18-11-8-17(9-12-18)22(24)23-20-13-10-16-7-6-15-4-3-5-19(20)21(15)16/h3-5,8-13H,2,6-7,14H2,1H3,(H,23,24). The van der Waals surface area contributed by atoms with Crippen LogP contribution in [0.4, 0.5) is 5.69 Å². The van der Waals surface area contributed by atoms with Gasteiger partial charge in [-0.2, -0.15) is 0 Å². The highest BCUT2D eigenvalue weighted by molar-refractivity contribution is 6.10. The van der Waals surface area contributed by atoms with Gasteiger partial charge in [0.05, 0.1) is 6.61 Å². The fourth-order valence-corrected chi connectivity index (χ4v) is 3.47. The molecule has 3 aromatic rings. The molecule has 0 saturated heterocycles. The zero-order valence-electron chi connectivity index (χ0n) is 14.3. The Morgan fingerprint density at radius 3 is 2.52 bits per heavy atom. The molecular formula is C22H21NO2. The van der Waals surface area contributed by atoms with Crippen LogP contribution in [0, 0.1) is 0 Å². The summed E-state index contributed by atoms with van der Waals surface area (Å²) in [5, 5.41) is 5.50. The van der Waals surface area contributed by atoms with Gasteiger partial charge in [0.2, 0.25) is 0 Å². The zero-order chi connectivity index (χ0) is 17.2. The Morgan fingerprint density at radius 2 is 1.76 bits per heavy atom. The Hall–Kier alpha value is -2.81. The van der Waals surface area contributed by atoms with Crippen LogP contribution in [0.2, 0.25) is 0 Å². The lowest BCUT2D eigenvalue weighted by molar-refractivity contribution is 0.102. The summed E-state index contributed by atoms with van der Waals surface area (Å²) in [6.07, 6.45) is 3.14. The SMILES string of the molecule is CCCOc1ccc(C(=O)Nc2ccc3c4c(cccc24)CC3)cc1. The summed E-state index contributed by atoms with van der Waals surface area (Å²) < 4.78 is 5.57. The van der Waals surface area contributed by atoms with Crippen LogP contribution in [0.15, 0.2) is 54.6 Å². The van der Waals surface area contributed by atoms with Gasteiger partial charge >= 0.3 is 0 Å². The minimum atomic E-state index is -0.0965. The molecule has 1 aliphatic carbocycles. The second-order valence-corrected chi connectivity index (χ2v) is 6.44. The zero-order valence-corrected chi connectivity index (χ0v) is 14.3. The van der Waals surface area contributed by atoms with Gasteiger partial charge in [0, 0.05) is 16.6 Å². The Kier molecular flexibility index (Phi) is 4.14. The van der Waals surface area contributed by atoms with Crippen molar-refractivity contribution in [3.05, 3.63) is 71.3 Å². The number of aryl methyl sites for hydroxylation is 2. The van der Waals surface area contributed by atoms with Gasteiger partial charge < -0.3 is 10.1 Å². The molecule has 0 bridgehead atoms. The lowest BCUT2D eigenvalue weighted by Gasteiger charge is -2.11. The van der Waals surface area contributed by atoms with E-state index in [0.717, 1.165) is 36.1 Å². The summed E-state index contributed by atoms with van der Waals surface area (Å²) in [6, 6.07) is 17.8. The van der Waals surface area contributed by atoms with Crippen LogP contribution in [-0.2, 0) is 12.8 Å². The van der Waals surface area contributed by atoms with Crippen molar-refractivity contribution in [1.29, 1.82) is 0 Å². The average molecular weight is 331 g/mol. The molecule has 0 saturated carbocycles. The third kappa shape index (κ3) is 2.98. The number of carbonyl (C=O) groups excluding carboxylic acids is 1. The third-order valence-corrected chi connectivity index (χ3v) is 4.71. The van der Waals surface area contributed by atoms with Gasteiger partial charge in [-0.25, -0.2) is 0 Å². The predicted octanol–water partition coefficient (Wildman–Crippen LogP) is 4.98. The Balaban J connectivity index is 1.58. The van der Waals surface area contributed by atoms with Crippen molar-refractivity contribution >= 4 is 22.4 Å². The fraction of sp³-hybridized carbons (Fsp3) is 0.227. The first kappa shape index (κ1) is 15.7. The van der Waals surface area contributed by atoms with Gasteiger partial charge in [-0.3, -0.25) is 4.79 Å². The van der Waals surface area contributed by atoms with Crippen molar-refractivity contribution in [2.45, 2.75) is 26.2 Å². The molecule has 3 nitrogen and oxygen atoms in total. The molecule has 0 fully saturated rings. The Morgan fingerprint density at radius 1 is 1.00 bits per heavy atom. The molecule has 0 radical (unpaired) electrons. The largest absolute Gasteiger partial charge is 0.494 e. The number of ether oxygens (including phenoxy) is 1. The van der Waals surface area contributed by atoms with Crippen molar-refractivity contribution in [3.63, 3.8) is 0 Å². The van der Waals surface area contributed by atoms with Crippen LogP contribution in [0.1, 0.15) is 34.8 Å². The normalized spacial score (nSPS) is 12.4. The van der Waals surface area contributed by atoms with E-state index in [-0.39, 0.29) is 5.91 Å². The van der Waals surface area contributed by atoms with Crippen LogP contribution >= 0.6 is 0 Å². The Bertz CT molecular complexity index is 918. The van der Waals surface area contributed by atoms with Crippen molar-refractivity contribution < 1.29 is 9.53 Å². The van der Waals surface area contributed by atoms with E-state index in [0.29, 0.717) is 12.2 Å². The summed E-state index contributed by atoms with van der Waals surface area (Å²) in [6.45, 7) is 2.76. The highest BCUT2D eigenvalue weighted by atomic mass is 16.5. The third-order valence-electron chi connectivity index (χ3n) is 4.71. The summed E-state index contributed by atoms with van der Waals surface area (Å²) >= 11 is 0. The van der Waals surface area contributed by atoms with E-state index in [1.807, 2.05) is 18.2 Å². The van der Waals surface area contributed by atoms with Crippen molar-refractivity contribution in [3.8, 4) is 5.75 Å².